The van der Waals surface area contributed by atoms with Gasteiger partial charge in [0, 0.05) is 11.2 Å². The molecule has 2 spiro atoms. The van der Waals surface area contributed by atoms with Crippen molar-refractivity contribution in [3.8, 4) is 27.9 Å². The third kappa shape index (κ3) is 2.94. The van der Waals surface area contributed by atoms with Gasteiger partial charge in [0.15, 0.2) is 0 Å². The molecule has 1 aromatic heterocycles. The van der Waals surface area contributed by atoms with Crippen LogP contribution in [0, 0.1) is 0 Å². The second kappa shape index (κ2) is 9.79. The molecule has 4 nitrogen and oxygen atoms in total. The van der Waals surface area contributed by atoms with Crippen LogP contribution in [0.15, 0.2) is 187 Å². The highest BCUT2D eigenvalue weighted by molar-refractivity contribution is 6.89. The van der Waals surface area contributed by atoms with Crippen LogP contribution in [0.1, 0.15) is 44.5 Å². The smallest absolute Gasteiger partial charge is 0.310 e. The van der Waals surface area contributed by atoms with Gasteiger partial charge in [-0.3, -0.25) is 14.1 Å². The fourth-order valence-corrected chi connectivity index (χ4v) is 13.4. The first-order valence-corrected chi connectivity index (χ1v) is 21.0. The maximum absolute atomic E-state index is 15.3. The summed E-state index contributed by atoms with van der Waals surface area (Å²) < 4.78 is 4.34. The van der Waals surface area contributed by atoms with Crippen LogP contribution < -0.4 is 21.4 Å². The van der Waals surface area contributed by atoms with Gasteiger partial charge >= 0.3 is 6.85 Å². The summed E-state index contributed by atoms with van der Waals surface area (Å²) in [5, 5.41) is 2.96. The van der Waals surface area contributed by atoms with Gasteiger partial charge in [-0.25, -0.2) is 0 Å². The molecule has 9 aromatic carbocycles. The van der Waals surface area contributed by atoms with Gasteiger partial charge in [-0.2, -0.15) is 0 Å². The highest BCUT2D eigenvalue weighted by atomic mass is 16.1. The average Bonchev–Trinajstić information content (AvgIpc) is 3.99. The van der Waals surface area contributed by atoms with E-state index in [0.29, 0.717) is 0 Å². The quantitative estimate of drug-likeness (QED) is 0.144. The van der Waals surface area contributed by atoms with E-state index >= 15 is 4.79 Å². The molecule has 5 heteroatoms. The molecule has 0 unspecified atom stereocenters. The van der Waals surface area contributed by atoms with Gasteiger partial charge < -0.3 is 4.90 Å². The van der Waals surface area contributed by atoms with Crippen LogP contribution in [0.5, 0.6) is 0 Å². The third-order valence-corrected chi connectivity index (χ3v) is 15.3. The van der Waals surface area contributed by atoms with E-state index in [0.717, 1.165) is 32.8 Å². The fourth-order valence-electron chi connectivity index (χ4n) is 13.4. The average molecular weight is 760 g/mol. The summed E-state index contributed by atoms with van der Waals surface area (Å²) in [6.07, 6.45) is 0. The largest absolute Gasteiger partial charge is 0.357 e. The van der Waals surface area contributed by atoms with Crippen molar-refractivity contribution in [2.45, 2.75) is 10.8 Å². The molecule has 16 rings (SSSR count). The van der Waals surface area contributed by atoms with E-state index in [9.17, 15) is 0 Å². The Hall–Kier alpha value is -7.63. The highest BCUT2D eigenvalue weighted by Gasteiger charge is 2.62. The molecule has 0 radical (unpaired) electrons. The Labute approximate surface area is 344 Å². The SMILES string of the molecule is O=c1c2cc3ccccc3cc2n2n1B1c3cccc4c3N3c5c(cccc5C5(c6ccccc6-c6ccccc65)c5ccc-2c1c53)C41c2ccccc2-c2ccccc21. The molecular weight excluding hydrogens is 729 g/mol. The minimum absolute atomic E-state index is 0.0435. The van der Waals surface area contributed by atoms with Crippen LogP contribution in [0.2, 0.25) is 0 Å². The van der Waals surface area contributed by atoms with E-state index in [1.165, 1.54) is 89.3 Å². The highest BCUT2D eigenvalue weighted by Crippen LogP contribution is 2.70. The van der Waals surface area contributed by atoms with Gasteiger partial charge in [-0.15, -0.1) is 0 Å². The summed E-state index contributed by atoms with van der Waals surface area (Å²) in [6, 6.07) is 67.9. The first-order chi connectivity index (χ1) is 29.7. The molecule has 0 N–H and O–H groups in total. The van der Waals surface area contributed by atoms with Gasteiger partial charge in [0.1, 0.15) is 0 Å². The van der Waals surface area contributed by atoms with Crippen LogP contribution in [0.25, 0.3) is 49.6 Å². The summed E-state index contributed by atoms with van der Waals surface area (Å²) in [7, 11) is 0. The molecule has 0 saturated carbocycles. The maximum Gasteiger partial charge on any atom is 0.357 e. The van der Waals surface area contributed by atoms with Gasteiger partial charge in [0.05, 0.1) is 38.8 Å². The van der Waals surface area contributed by atoms with Crippen LogP contribution in [-0.2, 0) is 10.8 Å². The molecule has 5 heterocycles. The fraction of sp³-hybridized carbons (Fsp3) is 0.0364. The predicted octanol–water partition coefficient (Wildman–Crippen LogP) is 10.0. The number of hydrogen-bond donors (Lipinski definition) is 0. The summed E-state index contributed by atoms with van der Waals surface area (Å²) in [5.41, 5.74) is 22.4. The first-order valence-electron chi connectivity index (χ1n) is 21.0. The number of hydrogen-bond acceptors (Lipinski definition) is 2. The lowest BCUT2D eigenvalue weighted by Gasteiger charge is -2.54. The minimum atomic E-state index is -0.604. The molecule has 0 amide bonds. The maximum atomic E-state index is 15.3. The van der Waals surface area contributed by atoms with Crippen molar-refractivity contribution in [1.29, 1.82) is 0 Å². The van der Waals surface area contributed by atoms with Crippen LogP contribution >= 0.6 is 0 Å². The molecular formula is C55H30BN3O. The van der Waals surface area contributed by atoms with Crippen molar-refractivity contribution in [2.75, 3.05) is 4.90 Å². The van der Waals surface area contributed by atoms with E-state index < -0.39 is 10.8 Å². The number of para-hydroxylation sites is 2. The molecule has 60 heavy (non-hydrogen) atoms. The predicted molar refractivity (Wildman–Crippen MR) is 242 cm³/mol. The normalized spacial score (nSPS) is 15.9. The first kappa shape index (κ1) is 30.5. The summed E-state index contributed by atoms with van der Waals surface area (Å²) in [6.45, 7) is -0.330. The Morgan fingerprint density at radius 1 is 0.417 bits per heavy atom. The van der Waals surface area contributed by atoms with E-state index in [2.05, 4.69) is 196 Å². The van der Waals surface area contributed by atoms with Gasteiger partial charge in [-0.05, 0) is 101 Å². The molecule has 0 atom stereocenters. The van der Waals surface area contributed by atoms with Crippen molar-refractivity contribution in [3.05, 3.63) is 237 Å². The van der Waals surface area contributed by atoms with Crippen LogP contribution in [0.3, 0.4) is 0 Å². The van der Waals surface area contributed by atoms with E-state index in [1.807, 2.05) is 0 Å². The molecule has 274 valence electrons. The van der Waals surface area contributed by atoms with Crippen molar-refractivity contribution in [1.82, 2.24) is 9.27 Å². The lowest BCUT2D eigenvalue weighted by molar-refractivity contribution is 0.709. The zero-order valence-corrected chi connectivity index (χ0v) is 32.1. The molecule has 4 aliphatic heterocycles. The van der Waals surface area contributed by atoms with Gasteiger partial charge in [0.2, 0.25) is 0 Å². The lowest BCUT2D eigenvalue weighted by Crippen LogP contribution is -2.59. The zero-order valence-electron chi connectivity index (χ0n) is 32.1. The Kier molecular flexibility index (Phi) is 4.97. The van der Waals surface area contributed by atoms with Crippen molar-refractivity contribution in [2.24, 2.45) is 0 Å². The monoisotopic (exact) mass is 759 g/mol. The molecule has 6 aliphatic rings. The number of fused-ring (bicyclic) bond motifs is 21. The van der Waals surface area contributed by atoms with Crippen molar-refractivity contribution >= 4 is 56.5 Å². The molecule has 2 aliphatic carbocycles. The number of rotatable bonds is 0. The second-order valence-corrected chi connectivity index (χ2v) is 17.4. The topological polar surface area (TPSA) is 30.2 Å². The molecule has 0 fully saturated rings. The molecule has 0 saturated heterocycles. The van der Waals surface area contributed by atoms with E-state index in [1.54, 1.807) is 0 Å². The Bertz CT molecular complexity index is 3690. The second-order valence-electron chi connectivity index (χ2n) is 17.4. The standard InChI is InChI=1S/C55H30BN3O/c60-53-37-29-31-13-1-2-14-32(31)30-48(37)58-47-28-27-45-52-49(47)56(59(53)58)46-26-12-25-44-51(46)57(52)50-42(54(44)38-19-7-3-15-33(38)34-16-4-8-20-39(34)54)23-11-24-43(50)55(45)40-21-9-5-17-35(40)36-18-6-10-22-41(36)55/h1-30H. The van der Waals surface area contributed by atoms with Crippen LogP contribution in [-0.4, -0.2) is 16.1 Å². The minimum Gasteiger partial charge on any atom is -0.310 e. The third-order valence-electron chi connectivity index (χ3n) is 15.3. The summed E-state index contributed by atoms with van der Waals surface area (Å²) >= 11 is 0. The zero-order chi connectivity index (χ0) is 38.8. The van der Waals surface area contributed by atoms with Crippen LogP contribution in [0.4, 0.5) is 17.1 Å². The number of anilines is 3. The number of nitrogens with zero attached hydrogens (tertiary/aromatic N) is 3. The summed E-state index contributed by atoms with van der Waals surface area (Å²) in [4.78, 5) is 17.9. The number of benzene rings is 9. The van der Waals surface area contributed by atoms with E-state index in [-0.39, 0.29) is 12.4 Å². The summed E-state index contributed by atoms with van der Waals surface area (Å²) in [5.74, 6) is 0. The Balaban J connectivity index is 1.16. The Morgan fingerprint density at radius 3 is 1.47 bits per heavy atom. The Morgan fingerprint density at radius 2 is 0.883 bits per heavy atom. The van der Waals surface area contributed by atoms with E-state index in [4.69, 9.17) is 0 Å². The molecule has 10 aromatic rings. The van der Waals surface area contributed by atoms with Crippen molar-refractivity contribution < 1.29 is 0 Å². The molecule has 0 bridgehead atoms. The lowest BCUT2D eigenvalue weighted by atomic mass is 9.45. The van der Waals surface area contributed by atoms with Gasteiger partial charge in [0.25, 0.3) is 5.56 Å². The number of aromatic nitrogens is 2. The van der Waals surface area contributed by atoms with Gasteiger partial charge in [-0.1, -0.05) is 164 Å². The van der Waals surface area contributed by atoms with Crippen molar-refractivity contribution in [3.63, 3.8) is 0 Å².